The van der Waals surface area contributed by atoms with Crippen LogP contribution >= 0.6 is 0 Å². The molecule has 1 amide bonds. The zero-order chi connectivity index (χ0) is 14.2. The number of rotatable bonds is 3. The van der Waals surface area contributed by atoms with Gasteiger partial charge >= 0.3 is 0 Å². The first kappa shape index (κ1) is 12.0. The van der Waals surface area contributed by atoms with Crippen LogP contribution in [-0.4, -0.2) is 25.5 Å². The Hall–Kier alpha value is -2.76. The van der Waals surface area contributed by atoms with Crippen LogP contribution in [0.15, 0.2) is 42.9 Å². The second-order valence-electron chi connectivity index (χ2n) is 5.16. The Bertz CT molecular complexity index is 807. The number of pyridine rings is 1. The SMILES string of the molecule is O=C(Nc1cccnc1)c1ccc2nc(C3CC3)cn2n1. The number of carbonyl (C=O) groups is 1. The van der Waals surface area contributed by atoms with Crippen LogP contribution in [0.2, 0.25) is 0 Å². The number of hydrogen-bond acceptors (Lipinski definition) is 4. The highest BCUT2D eigenvalue weighted by molar-refractivity contribution is 6.02. The van der Waals surface area contributed by atoms with Crippen molar-refractivity contribution < 1.29 is 4.79 Å². The predicted octanol–water partition coefficient (Wildman–Crippen LogP) is 2.25. The molecule has 1 N–H and O–H groups in total. The van der Waals surface area contributed by atoms with Gasteiger partial charge in [-0.25, -0.2) is 9.50 Å². The first-order valence-electron chi connectivity index (χ1n) is 6.87. The van der Waals surface area contributed by atoms with Crippen molar-refractivity contribution in [3.63, 3.8) is 0 Å². The molecule has 21 heavy (non-hydrogen) atoms. The van der Waals surface area contributed by atoms with Crippen molar-refractivity contribution in [3.8, 4) is 0 Å². The molecule has 104 valence electrons. The fraction of sp³-hybridized carbons (Fsp3) is 0.200. The van der Waals surface area contributed by atoms with Gasteiger partial charge in [-0.2, -0.15) is 5.10 Å². The minimum absolute atomic E-state index is 0.258. The maximum atomic E-state index is 12.2. The van der Waals surface area contributed by atoms with E-state index in [1.54, 1.807) is 35.1 Å². The maximum absolute atomic E-state index is 12.2. The second-order valence-corrected chi connectivity index (χ2v) is 5.16. The van der Waals surface area contributed by atoms with Gasteiger partial charge in [0.05, 0.1) is 23.8 Å². The molecule has 0 radical (unpaired) electrons. The van der Waals surface area contributed by atoms with E-state index in [-0.39, 0.29) is 5.91 Å². The Morgan fingerprint density at radius 3 is 2.95 bits per heavy atom. The van der Waals surface area contributed by atoms with Crippen molar-refractivity contribution >= 4 is 17.2 Å². The van der Waals surface area contributed by atoms with Crippen molar-refractivity contribution in [2.75, 3.05) is 5.32 Å². The number of hydrogen-bond donors (Lipinski definition) is 1. The van der Waals surface area contributed by atoms with E-state index in [0.717, 1.165) is 11.3 Å². The lowest BCUT2D eigenvalue weighted by atomic mass is 10.3. The third-order valence-electron chi connectivity index (χ3n) is 3.49. The molecule has 4 rings (SSSR count). The van der Waals surface area contributed by atoms with Crippen molar-refractivity contribution in [3.05, 3.63) is 54.2 Å². The number of nitrogens with zero attached hydrogens (tertiary/aromatic N) is 4. The number of imidazole rings is 1. The first-order valence-corrected chi connectivity index (χ1v) is 6.87. The average Bonchev–Trinajstić information content (AvgIpc) is 3.27. The van der Waals surface area contributed by atoms with E-state index in [9.17, 15) is 4.79 Å². The summed E-state index contributed by atoms with van der Waals surface area (Å²) in [5.41, 5.74) is 2.84. The molecule has 6 heteroatoms. The standard InChI is InChI=1S/C15H13N5O/c21-15(17-11-2-1-7-16-8-11)12-5-6-14-18-13(10-3-4-10)9-20(14)19-12/h1-2,5-10H,3-4H2,(H,17,21). The van der Waals surface area contributed by atoms with Gasteiger partial charge in [-0.05, 0) is 37.1 Å². The van der Waals surface area contributed by atoms with E-state index in [1.165, 1.54) is 12.8 Å². The third-order valence-corrected chi connectivity index (χ3v) is 3.49. The van der Waals surface area contributed by atoms with Gasteiger partial charge in [0.1, 0.15) is 5.69 Å². The van der Waals surface area contributed by atoms with E-state index < -0.39 is 0 Å². The number of amides is 1. The fourth-order valence-electron chi connectivity index (χ4n) is 2.23. The van der Waals surface area contributed by atoms with Crippen LogP contribution in [0.1, 0.15) is 34.9 Å². The van der Waals surface area contributed by atoms with E-state index >= 15 is 0 Å². The zero-order valence-electron chi connectivity index (χ0n) is 11.2. The van der Waals surface area contributed by atoms with Crippen molar-refractivity contribution in [1.29, 1.82) is 0 Å². The second kappa shape index (κ2) is 4.66. The topological polar surface area (TPSA) is 72.2 Å². The summed E-state index contributed by atoms with van der Waals surface area (Å²) in [6.07, 6.45) is 7.55. The van der Waals surface area contributed by atoms with Crippen LogP contribution in [-0.2, 0) is 0 Å². The molecule has 0 saturated heterocycles. The van der Waals surface area contributed by atoms with Crippen LogP contribution in [0.5, 0.6) is 0 Å². The minimum Gasteiger partial charge on any atom is -0.319 e. The van der Waals surface area contributed by atoms with E-state index in [0.29, 0.717) is 17.3 Å². The number of fused-ring (bicyclic) bond motifs is 1. The molecule has 0 aromatic carbocycles. The van der Waals surface area contributed by atoms with Gasteiger partial charge < -0.3 is 5.32 Å². The average molecular weight is 279 g/mol. The van der Waals surface area contributed by atoms with Gasteiger partial charge in [0.25, 0.3) is 5.91 Å². The Balaban J connectivity index is 1.62. The normalized spacial score (nSPS) is 14.3. The zero-order valence-corrected chi connectivity index (χ0v) is 11.2. The van der Waals surface area contributed by atoms with Crippen LogP contribution in [0, 0.1) is 0 Å². The number of anilines is 1. The summed E-state index contributed by atoms with van der Waals surface area (Å²) in [7, 11) is 0. The Morgan fingerprint density at radius 1 is 1.29 bits per heavy atom. The number of carbonyl (C=O) groups excluding carboxylic acids is 1. The lowest BCUT2D eigenvalue weighted by molar-refractivity contribution is 0.102. The quantitative estimate of drug-likeness (QED) is 0.798. The van der Waals surface area contributed by atoms with E-state index in [4.69, 9.17) is 0 Å². The minimum atomic E-state index is -0.258. The van der Waals surface area contributed by atoms with Gasteiger partial charge in [0.2, 0.25) is 0 Å². The molecule has 1 saturated carbocycles. The molecule has 1 aliphatic carbocycles. The molecule has 0 bridgehead atoms. The van der Waals surface area contributed by atoms with Gasteiger partial charge in [0.15, 0.2) is 5.65 Å². The fourth-order valence-corrected chi connectivity index (χ4v) is 2.23. The van der Waals surface area contributed by atoms with Crippen LogP contribution < -0.4 is 5.32 Å². The molecule has 3 heterocycles. The van der Waals surface area contributed by atoms with Crippen LogP contribution in [0.4, 0.5) is 5.69 Å². The van der Waals surface area contributed by atoms with Crippen LogP contribution in [0.25, 0.3) is 5.65 Å². The molecule has 3 aromatic rings. The molecule has 1 fully saturated rings. The molecule has 0 aliphatic heterocycles. The van der Waals surface area contributed by atoms with E-state index in [1.807, 2.05) is 12.3 Å². The van der Waals surface area contributed by atoms with Crippen molar-refractivity contribution in [2.45, 2.75) is 18.8 Å². The highest BCUT2D eigenvalue weighted by Crippen LogP contribution is 2.39. The highest BCUT2D eigenvalue weighted by atomic mass is 16.1. The Kier molecular flexibility index (Phi) is 2.67. The summed E-state index contributed by atoms with van der Waals surface area (Å²) in [4.78, 5) is 20.7. The molecule has 1 aliphatic rings. The van der Waals surface area contributed by atoms with Gasteiger partial charge in [-0.15, -0.1) is 0 Å². The highest BCUT2D eigenvalue weighted by Gasteiger charge is 2.26. The van der Waals surface area contributed by atoms with Gasteiger partial charge in [0, 0.05) is 12.1 Å². The third kappa shape index (κ3) is 2.35. The maximum Gasteiger partial charge on any atom is 0.276 e. The molecular formula is C15H13N5O. The number of aromatic nitrogens is 4. The first-order chi connectivity index (χ1) is 10.3. The van der Waals surface area contributed by atoms with Crippen molar-refractivity contribution in [2.24, 2.45) is 0 Å². The monoisotopic (exact) mass is 279 g/mol. The summed E-state index contributed by atoms with van der Waals surface area (Å²) in [6, 6.07) is 7.05. The Morgan fingerprint density at radius 2 is 2.19 bits per heavy atom. The summed E-state index contributed by atoms with van der Waals surface area (Å²) in [5.74, 6) is 0.311. The predicted molar refractivity (Wildman–Crippen MR) is 77.2 cm³/mol. The molecular weight excluding hydrogens is 266 g/mol. The smallest absolute Gasteiger partial charge is 0.276 e. The summed E-state index contributed by atoms with van der Waals surface area (Å²) in [5, 5.41) is 7.09. The molecule has 0 unspecified atom stereocenters. The summed E-state index contributed by atoms with van der Waals surface area (Å²) >= 11 is 0. The number of nitrogens with one attached hydrogen (secondary N) is 1. The molecule has 6 nitrogen and oxygen atoms in total. The largest absolute Gasteiger partial charge is 0.319 e. The summed E-state index contributed by atoms with van der Waals surface area (Å²) < 4.78 is 1.67. The lowest BCUT2D eigenvalue weighted by Gasteiger charge is -2.03. The van der Waals surface area contributed by atoms with Gasteiger partial charge in [-0.1, -0.05) is 0 Å². The Labute approximate surface area is 120 Å². The van der Waals surface area contributed by atoms with Gasteiger partial charge in [-0.3, -0.25) is 9.78 Å². The molecule has 0 spiro atoms. The van der Waals surface area contributed by atoms with Crippen LogP contribution in [0.3, 0.4) is 0 Å². The van der Waals surface area contributed by atoms with Crippen molar-refractivity contribution in [1.82, 2.24) is 19.6 Å². The summed E-state index contributed by atoms with van der Waals surface area (Å²) in [6.45, 7) is 0. The molecule has 0 atom stereocenters. The van der Waals surface area contributed by atoms with E-state index in [2.05, 4.69) is 20.4 Å². The molecule has 3 aromatic heterocycles. The lowest BCUT2D eigenvalue weighted by Crippen LogP contribution is -2.15.